The molecule has 0 aromatic carbocycles. The molecule has 5 heteroatoms. The van der Waals surface area contributed by atoms with Crippen molar-refractivity contribution in [3.8, 4) is 0 Å². The van der Waals surface area contributed by atoms with Gasteiger partial charge in [0.15, 0.2) is 0 Å². The predicted molar refractivity (Wildman–Crippen MR) is 41.5 cm³/mol. The first-order chi connectivity index (χ1) is 4.80. The smallest absolute Gasteiger partial charge is 0.435 e. The lowest BCUT2D eigenvalue weighted by atomic mass is 10.6. The Morgan fingerprint density at radius 2 is 1.82 bits per heavy atom. The molecule has 0 saturated heterocycles. The van der Waals surface area contributed by atoms with E-state index in [4.69, 9.17) is 10.5 Å². The maximum Gasteiger partial charge on any atom is 0.520 e. The number of amides is 1. The Morgan fingerprint density at radius 3 is 1.91 bits per heavy atom. The quantitative estimate of drug-likeness (QED) is 0.303. The van der Waals surface area contributed by atoms with E-state index in [-0.39, 0.29) is 5.96 Å². The van der Waals surface area contributed by atoms with Gasteiger partial charge in [0.1, 0.15) is 0 Å². The maximum absolute atomic E-state index is 10.6. The van der Waals surface area contributed by atoms with Crippen molar-refractivity contribution in [2.45, 2.75) is 0 Å². The molecule has 0 aromatic rings. The molecule has 0 aliphatic rings. The van der Waals surface area contributed by atoms with Crippen LogP contribution in [0.15, 0.2) is 0 Å². The average Bonchev–Trinajstić information content (AvgIpc) is 1.85. The number of carbonyl (C=O) groups is 1. The molecule has 0 heterocycles. The van der Waals surface area contributed by atoms with Crippen LogP contribution in [0.4, 0.5) is 4.79 Å². The van der Waals surface area contributed by atoms with Crippen molar-refractivity contribution in [3.63, 3.8) is 0 Å². The van der Waals surface area contributed by atoms with Crippen LogP contribution in [-0.2, 0) is 0 Å². The summed E-state index contributed by atoms with van der Waals surface area (Å²) in [5, 5.41) is 16.1. The van der Waals surface area contributed by atoms with Gasteiger partial charge in [0.05, 0.1) is 14.1 Å². The normalized spacial score (nSPS) is 10.9. The molecule has 0 atom stereocenters. The molecule has 5 nitrogen and oxygen atoms in total. The van der Waals surface area contributed by atoms with Gasteiger partial charge in [0.25, 0.3) is 0 Å². The van der Waals surface area contributed by atoms with E-state index >= 15 is 0 Å². The maximum atomic E-state index is 10.6. The molecular formula is C6H14N3O2+. The Labute approximate surface area is 65.9 Å². The van der Waals surface area contributed by atoms with Crippen LogP contribution >= 0.6 is 0 Å². The van der Waals surface area contributed by atoms with Gasteiger partial charge < -0.3 is 10.0 Å². The summed E-state index contributed by atoms with van der Waals surface area (Å²) in [6.45, 7) is 0. The van der Waals surface area contributed by atoms with Crippen LogP contribution in [0, 0.1) is 5.41 Å². The number of nitrogens with one attached hydrogen (secondary N) is 1. The Kier molecular flexibility index (Phi) is 2.59. The summed E-state index contributed by atoms with van der Waals surface area (Å²) in [6, 6.07) is 0. The minimum atomic E-state index is -1.04. The van der Waals surface area contributed by atoms with Crippen LogP contribution in [0.3, 0.4) is 0 Å². The second-order valence-corrected chi connectivity index (χ2v) is 2.95. The fraction of sp³-hybridized carbons (Fsp3) is 0.667. The molecule has 1 amide bonds. The van der Waals surface area contributed by atoms with Gasteiger partial charge in [-0.2, -0.15) is 9.28 Å². The van der Waals surface area contributed by atoms with Crippen LogP contribution in [-0.4, -0.2) is 54.7 Å². The van der Waals surface area contributed by atoms with Crippen molar-refractivity contribution in [2.75, 3.05) is 28.2 Å². The summed E-state index contributed by atoms with van der Waals surface area (Å²) >= 11 is 0. The Hall–Kier alpha value is -1.10. The van der Waals surface area contributed by atoms with Gasteiger partial charge in [-0.3, -0.25) is 0 Å². The van der Waals surface area contributed by atoms with Gasteiger partial charge in [-0.25, -0.2) is 5.41 Å². The Balaban J connectivity index is 4.56. The highest BCUT2D eigenvalue weighted by molar-refractivity contribution is 5.79. The zero-order valence-corrected chi connectivity index (χ0v) is 7.25. The Bertz CT molecular complexity index is 186. The highest BCUT2D eigenvalue weighted by atomic mass is 16.4. The van der Waals surface area contributed by atoms with Gasteiger partial charge in [-0.05, 0) is 0 Å². The Morgan fingerprint density at radius 1 is 1.45 bits per heavy atom. The molecule has 0 spiro atoms. The molecule has 0 saturated carbocycles. The van der Waals surface area contributed by atoms with Crippen molar-refractivity contribution in [2.24, 2.45) is 0 Å². The van der Waals surface area contributed by atoms with E-state index in [1.54, 1.807) is 14.1 Å². The first-order valence-electron chi connectivity index (χ1n) is 3.14. The van der Waals surface area contributed by atoms with Gasteiger partial charge in [0, 0.05) is 14.1 Å². The first kappa shape index (κ1) is 9.90. The summed E-state index contributed by atoms with van der Waals surface area (Å²) in [5.41, 5.74) is 0. The summed E-state index contributed by atoms with van der Waals surface area (Å²) in [6.07, 6.45) is -1.04. The summed E-state index contributed by atoms with van der Waals surface area (Å²) in [4.78, 5) is 12.0. The van der Waals surface area contributed by atoms with E-state index in [1.807, 2.05) is 0 Å². The molecule has 2 N–H and O–H groups in total. The summed E-state index contributed by atoms with van der Waals surface area (Å²) in [5.74, 6) is 0.0394. The number of guanidine groups is 1. The monoisotopic (exact) mass is 160 g/mol. The van der Waals surface area contributed by atoms with Crippen molar-refractivity contribution in [1.29, 1.82) is 5.41 Å². The standard InChI is InChI=1S/C6H13N3O2/c1-8(2)5(7)9(3,4)6(10)11/h7H,1-4H3/p+1. The lowest BCUT2D eigenvalue weighted by Crippen LogP contribution is -2.54. The molecule has 0 aliphatic heterocycles. The molecule has 11 heavy (non-hydrogen) atoms. The van der Waals surface area contributed by atoms with Crippen LogP contribution in [0.2, 0.25) is 0 Å². The number of hydrogen-bond acceptors (Lipinski definition) is 2. The molecule has 0 unspecified atom stereocenters. The molecular weight excluding hydrogens is 146 g/mol. The van der Waals surface area contributed by atoms with Gasteiger partial charge >= 0.3 is 12.1 Å². The van der Waals surface area contributed by atoms with Gasteiger partial charge in [0.2, 0.25) is 0 Å². The number of nitrogens with zero attached hydrogens (tertiary/aromatic N) is 2. The van der Waals surface area contributed by atoms with Crippen molar-refractivity contribution in [1.82, 2.24) is 4.90 Å². The van der Waals surface area contributed by atoms with E-state index in [1.165, 1.54) is 19.0 Å². The molecule has 0 bridgehead atoms. The second-order valence-electron chi connectivity index (χ2n) is 2.95. The van der Waals surface area contributed by atoms with Crippen LogP contribution < -0.4 is 0 Å². The third-order valence-electron chi connectivity index (χ3n) is 1.43. The molecule has 64 valence electrons. The zero-order valence-electron chi connectivity index (χ0n) is 7.25. The summed E-state index contributed by atoms with van der Waals surface area (Å²) < 4.78 is -0.451. The fourth-order valence-corrected chi connectivity index (χ4v) is 0.591. The first-order valence-corrected chi connectivity index (χ1v) is 3.14. The van der Waals surface area contributed by atoms with Crippen LogP contribution in [0.1, 0.15) is 0 Å². The number of rotatable bonds is 0. The molecule has 0 fully saturated rings. The minimum Gasteiger partial charge on any atom is -0.435 e. The van der Waals surface area contributed by atoms with E-state index < -0.39 is 10.6 Å². The highest BCUT2D eigenvalue weighted by Gasteiger charge is 2.33. The SMILES string of the molecule is CN(C)C(=N)[N+](C)(C)C(=O)O. The second kappa shape index (κ2) is 2.87. The van der Waals surface area contributed by atoms with E-state index in [0.717, 1.165) is 0 Å². The van der Waals surface area contributed by atoms with E-state index in [9.17, 15) is 4.79 Å². The minimum absolute atomic E-state index is 0.0394. The highest BCUT2D eigenvalue weighted by Crippen LogP contribution is 2.00. The third-order valence-corrected chi connectivity index (χ3v) is 1.43. The average molecular weight is 160 g/mol. The van der Waals surface area contributed by atoms with Crippen molar-refractivity contribution < 1.29 is 14.4 Å². The molecule has 0 aliphatic carbocycles. The lowest BCUT2D eigenvalue weighted by molar-refractivity contribution is -0.727. The lowest BCUT2D eigenvalue weighted by Gasteiger charge is -2.25. The largest absolute Gasteiger partial charge is 0.520 e. The topological polar surface area (TPSA) is 64.4 Å². The van der Waals surface area contributed by atoms with Crippen LogP contribution in [0.25, 0.3) is 0 Å². The van der Waals surface area contributed by atoms with Gasteiger partial charge in [-0.1, -0.05) is 0 Å². The van der Waals surface area contributed by atoms with Gasteiger partial charge in [-0.15, -0.1) is 0 Å². The van der Waals surface area contributed by atoms with E-state index in [2.05, 4.69) is 0 Å². The van der Waals surface area contributed by atoms with E-state index in [0.29, 0.717) is 0 Å². The summed E-state index contributed by atoms with van der Waals surface area (Å²) in [7, 11) is 6.19. The number of carboxylic acid groups (broad SMARTS) is 1. The van der Waals surface area contributed by atoms with Crippen molar-refractivity contribution in [3.05, 3.63) is 0 Å². The molecule has 0 aromatic heterocycles. The third kappa shape index (κ3) is 1.91. The number of hydrogen-bond donors (Lipinski definition) is 2. The molecule has 0 radical (unpaired) electrons. The predicted octanol–water partition coefficient (Wildman–Crippen LogP) is 0.237. The van der Waals surface area contributed by atoms with Crippen molar-refractivity contribution >= 4 is 12.1 Å². The number of quaternary nitrogens is 1. The fourth-order valence-electron chi connectivity index (χ4n) is 0.591. The zero-order chi connectivity index (χ0) is 9.23. The molecule has 0 rings (SSSR count). The van der Waals surface area contributed by atoms with Crippen LogP contribution in [0.5, 0.6) is 0 Å².